The molecule has 6 heteroatoms. The van der Waals surface area contributed by atoms with Crippen molar-refractivity contribution in [2.45, 2.75) is 31.9 Å². The van der Waals surface area contributed by atoms with Crippen molar-refractivity contribution in [3.8, 4) is 0 Å². The molecule has 6 nitrogen and oxygen atoms in total. The molecule has 0 bridgehead atoms. The minimum atomic E-state index is -1.08. The Labute approximate surface area is 151 Å². The summed E-state index contributed by atoms with van der Waals surface area (Å²) in [6, 6.07) is 15.9. The van der Waals surface area contributed by atoms with Gasteiger partial charge in [0.2, 0.25) is 6.10 Å². The van der Waals surface area contributed by atoms with E-state index in [2.05, 4.69) is 10.5 Å². The first-order valence-electron chi connectivity index (χ1n) is 8.40. The lowest BCUT2D eigenvalue weighted by Gasteiger charge is -2.16. The third-order valence-electron chi connectivity index (χ3n) is 4.24. The van der Waals surface area contributed by atoms with Crippen LogP contribution < -0.4 is 5.32 Å². The third kappa shape index (κ3) is 4.27. The molecule has 0 saturated heterocycles. The zero-order valence-corrected chi connectivity index (χ0v) is 14.4. The SMILES string of the molecule is Cc1ccc(C2=NO[C@@H](C(=O)N[C@H](Cc3ccccc3)C(=O)O)C2)cc1. The van der Waals surface area contributed by atoms with Crippen LogP contribution in [0, 0.1) is 6.92 Å². The Kier molecular flexibility index (Phi) is 5.31. The van der Waals surface area contributed by atoms with Crippen LogP contribution in [0.3, 0.4) is 0 Å². The zero-order valence-electron chi connectivity index (χ0n) is 14.4. The van der Waals surface area contributed by atoms with Gasteiger partial charge in [0.15, 0.2) is 0 Å². The topological polar surface area (TPSA) is 88.0 Å². The molecule has 1 aliphatic rings. The lowest BCUT2D eigenvalue weighted by Crippen LogP contribution is -2.46. The highest BCUT2D eigenvalue weighted by atomic mass is 16.6. The molecule has 26 heavy (non-hydrogen) atoms. The number of carboxylic acids is 1. The van der Waals surface area contributed by atoms with Crippen molar-refractivity contribution in [1.29, 1.82) is 0 Å². The van der Waals surface area contributed by atoms with Crippen molar-refractivity contribution < 1.29 is 19.5 Å². The molecule has 2 N–H and O–H groups in total. The fourth-order valence-electron chi connectivity index (χ4n) is 2.75. The Hall–Kier alpha value is -3.15. The number of hydrogen-bond acceptors (Lipinski definition) is 4. The maximum absolute atomic E-state index is 12.4. The van der Waals surface area contributed by atoms with Crippen molar-refractivity contribution in [3.63, 3.8) is 0 Å². The summed E-state index contributed by atoms with van der Waals surface area (Å²) in [6.07, 6.45) is -0.295. The number of hydrogen-bond donors (Lipinski definition) is 2. The van der Waals surface area contributed by atoms with Crippen LogP contribution in [0.5, 0.6) is 0 Å². The van der Waals surface area contributed by atoms with E-state index in [0.29, 0.717) is 12.1 Å². The first kappa shape index (κ1) is 17.7. The molecular formula is C20H20N2O4. The summed E-state index contributed by atoms with van der Waals surface area (Å²) in [5.41, 5.74) is 3.54. The minimum absolute atomic E-state index is 0.209. The summed E-state index contributed by atoms with van der Waals surface area (Å²) in [5, 5.41) is 15.9. The van der Waals surface area contributed by atoms with Gasteiger partial charge in [-0.25, -0.2) is 4.79 Å². The highest BCUT2D eigenvalue weighted by molar-refractivity contribution is 6.04. The molecule has 1 amide bonds. The number of aryl methyl sites for hydroxylation is 1. The largest absolute Gasteiger partial charge is 0.480 e. The van der Waals surface area contributed by atoms with Crippen LogP contribution in [0.15, 0.2) is 59.8 Å². The maximum atomic E-state index is 12.4. The standard InChI is InChI=1S/C20H20N2O4/c1-13-7-9-15(10-8-13)16-12-18(26-22-16)19(23)21-17(20(24)25)11-14-5-3-2-4-6-14/h2-10,17-18H,11-12H2,1H3,(H,21,23)(H,24,25)/t17-,18-/m1/s1. The number of benzene rings is 2. The van der Waals surface area contributed by atoms with E-state index < -0.39 is 24.0 Å². The van der Waals surface area contributed by atoms with E-state index in [1.165, 1.54) is 0 Å². The van der Waals surface area contributed by atoms with Gasteiger partial charge in [0.25, 0.3) is 5.91 Å². The Morgan fingerprint density at radius 3 is 2.54 bits per heavy atom. The van der Waals surface area contributed by atoms with Gasteiger partial charge in [0, 0.05) is 12.8 Å². The van der Waals surface area contributed by atoms with Crippen molar-refractivity contribution in [3.05, 3.63) is 71.3 Å². The highest BCUT2D eigenvalue weighted by Gasteiger charge is 2.31. The van der Waals surface area contributed by atoms with E-state index in [4.69, 9.17) is 4.84 Å². The number of aliphatic carboxylic acids is 1. The van der Waals surface area contributed by atoms with Gasteiger partial charge in [0.1, 0.15) is 6.04 Å². The summed E-state index contributed by atoms with van der Waals surface area (Å²) in [5.74, 6) is -1.56. The fourth-order valence-corrected chi connectivity index (χ4v) is 2.75. The maximum Gasteiger partial charge on any atom is 0.326 e. The quantitative estimate of drug-likeness (QED) is 0.835. The highest BCUT2D eigenvalue weighted by Crippen LogP contribution is 2.18. The van der Waals surface area contributed by atoms with Gasteiger partial charge < -0.3 is 15.3 Å². The molecule has 0 saturated carbocycles. The zero-order chi connectivity index (χ0) is 18.5. The lowest BCUT2D eigenvalue weighted by atomic mass is 10.0. The number of carboxylic acid groups (broad SMARTS) is 1. The summed E-state index contributed by atoms with van der Waals surface area (Å²) < 4.78 is 0. The number of oxime groups is 1. The first-order chi connectivity index (χ1) is 12.5. The summed E-state index contributed by atoms with van der Waals surface area (Å²) in [6.45, 7) is 1.99. The van der Waals surface area contributed by atoms with E-state index in [0.717, 1.165) is 16.7 Å². The molecule has 3 rings (SSSR count). The minimum Gasteiger partial charge on any atom is -0.480 e. The predicted octanol–water partition coefficient (Wildman–Crippen LogP) is 2.30. The second-order valence-electron chi connectivity index (χ2n) is 6.29. The number of nitrogens with one attached hydrogen (secondary N) is 1. The van der Waals surface area contributed by atoms with Crippen LogP contribution in [-0.2, 0) is 20.8 Å². The first-order valence-corrected chi connectivity index (χ1v) is 8.40. The number of rotatable bonds is 6. The molecular weight excluding hydrogens is 332 g/mol. The van der Waals surface area contributed by atoms with Crippen molar-refractivity contribution >= 4 is 17.6 Å². The van der Waals surface area contributed by atoms with Gasteiger partial charge in [-0.3, -0.25) is 4.79 Å². The molecule has 0 radical (unpaired) electrons. The van der Waals surface area contributed by atoms with Gasteiger partial charge in [-0.2, -0.15) is 0 Å². The second-order valence-corrected chi connectivity index (χ2v) is 6.29. The second kappa shape index (κ2) is 7.82. The molecule has 0 aliphatic carbocycles. The van der Waals surface area contributed by atoms with E-state index in [1.807, 2.05) is 61.5 Å². The Morgan fingerprint density at radius 2 is 1.88 bits per heavy atom. The molecule has 0 spiro atoms. The Bertz CT molecular complexity index is 815. The van der Waals surface area contributed by atoms with Crippen LogP contribution >= 0.6 is 0 Å². The molecule has 1 aliphatic heterocycles. The van der Waals surface area contributed by atoms with E-state index in [1.54, 1.807) is 0 Å². The van der Waals surface area contributed by atoms with E-state index in [9.17, 15) is 14.7 Å². The van der Waals surface area contributed by atoms with Gasteiger partial charge in [-0.05, 0) is 18.1 Å². The monoisotopic (exact) mass is 352 g/mol. The predicted molar refractivity (Wildman–Crippen MR) is 96.9 cm³/mol. The number of carbonyl (C=O) groups excluding carboxylic acids is 1. The average molecular weight is 352 g/mol. The summed E-state index contributed by atoms with van der Waals surface area (Å²) in [4.78, 5) is 29.1. The van der Waals surface area contributed by atoms with E-state index >= 15 is 0 Å². The third-order valence-corrected chi connectivity index (χ3v) is 4.24. The van der Waals surface area contributed by atoms with Crippen molar-refractivity contribution in [2.75, 3.05) is 0 Å². The molecule has 1 heterocycles. The molecule has 0 unspecified atom stereocenters. The Morgan fingerprint density at radius 1 is 1.19 bits per heavy atom. The lowest BCUT2D eigenvalue weighted by molar-refractivity contribution is -0.143. The van der Waals surface area contributed by atoms with Gasteiger partial charge in [-0.15, -0.1) is 0 Å². The van der Waals surface area contributed by atoms with Crippen LogP contribution in [0.2, 0.25) is 0 Å². The number of carbonyl (C=O) groups is 2. The smallest absolute Gasteiger partial charge is 0.326 e. The van der Waals surface area contributed by atoms with Gasteiger partial charge >= 0.3 is 5.97 Å². The molecule has 2 atom stereocenters. The normalized spacial score (nSPS) is 17.1. The van der Waals surface area contributed by atoms with Crippen molar-refractivity contribution in [2.24, 2.45) is 5.16 Å². The molecule has 0 fully saturated rings. The Balaban J connectivity index is 1.60. The number of nitrogens with zero attached hydrogens (tertiary/aromatic N) is 1. The molecule has 134 valence electrons. The number of amides is 1. The average Bonchev–Trinajstić information content (AvgIpc) is 3.13. The van der Waals surface area contributed by atoms with Crippen LogP contribution in [-0.4, -0.2) is 34.8 Å². The molecule has 2 aromatic carbocycles. The van der Waals surface area contributed by atoms with Crippen LogP contribution in [0.25, 0.3) is 0 Å². The molecule has 0 aromatic heterocycles. The molecule has 2 aromatic rings. The summed E-state index contributed by atoms with van der Waals surface area (Å²) in [7, 11) is 0. The van der Waals surface area contributed by atoms with Gasteiger partial charge in [0.05, 0.1) is 5.71 Å². The van der Waals surface area contributed by atoms with Crippen molar-refractivity contribution in [1.82, 2.24) is 5.32 Å². The van der Waals surface area contributed by atoms with E-state index in [-0.39, 0.29) is 6.42 Å². The summed E-state index contributed by atoms with van der Waals surface area (Å²) >= 11 is 0. The van der Waals surface area contributed by atoms with Gasteiger partial charge in [-0.1, -0.05) is 65.3 Å². The van der Waals surface area contributed by atoms with Crippen LogP contribution in [0.4, 0.5) is 0 Å². The fraction of sp³-hybridized carbons (Fsp3) is 0.250. The van der Waals surface area contributed by atoms with Crippen LogP contribution in [0.1, 0.15) is 23.1 Å².